The van der Waals surface area contributed by atoms with Gasteiger partial charge in [-0.05, 0) is 13.8 Å². The lowest BCUT2D eigenvalue weighted by Gasteiger charge is -2.25. The van der Waals surface area contributed by atoms with Gasteiger partial charge < -0.3 is 10.6 Å². The Morgan fingerprint density at radius 1 is 1.47 bits per heavy atom. The molecule has 8 heteroatoms. The first-order chi connectivity index (χ1) is 6.79. The number of nitrogens with zero attached hydrogens (tertiary/aromatic N) is 3. The molecule has 5 nitrogen and oxygen atoms in total. The van der Waals surface area contributed by atoms with Crippen molar-refractivity contribution < 1.29 is 13.2 Å². The third kappa shape index (κ3) is 3.30. The third-order valence-corrected chi connectivity index (χ3v) is 1.72. The molecule has 0 saturated heterocycles. The number of aromatic amines is 1. The third-order valence-electron chi connectivity index (χ3n) is 1.72. The molecule has 0 aliphatic heterocycles. The van der Waals surface area contributed by atoms with Gasteiger partial charge in [-0.2, -0.15) is 18.2 Å². The quantitative estimate of drug-likeness (QED) is 0.806. The highest BCUT2D eigenvalue weighted by atomic mass is 19.4. The largest absolute Gasteiger partial charge is 0.406 e. The van der Waals surface area contributed by atoms with Crippen LogP contribution < -0.4 is 10.6 Å². The molecule has 86 valence electrons. The number of anilines is 2. The first kappa shape index (κ1) is 11.6. The van der Waals surface area contributed by atoms with Crippen LogP contribution in [0, 0.1) is 0 Å². The fourth-order valence-electron chi connectivity index (χ4n) is 1.07. The molecule has 0 aliphatic rings. The van der Waals surface area contributed by atoms with E-state index in [4.69, 9.17) is 5.73 Å². The normalized spacial score (nSPS) is 12.1. The summed E-state index contributed by atoms with van der Waals surface area (Å²) in [4.78, 5) is 4.67. The van der Waals surface area contributed by atoms with Gasteiger partial charge in [-0.3, -0.25) is 0 Å². The van der Waals surface area contributed by atoms with Gasteiger partial charge in [0.25, 0.3) is 0 Å². The maximum Gasteiger partial charge on any atom is 0.406 e. The van der Waals surface area contributed by atoms with Crippen LogP contribution in [0.4, 0.5) is 25.1 Å². The summed E-state index contributed by atoms with van der Waals surface area (Å²) in [5, 5.41) is 5.88. The minimum atomic E-state index is -4.29. The van der Waals surface area contributed by atoms with Gasteiger partial charge in [0.05, 0.1) is 0 Å². The van der Waals surface area contributed by atoms with E-state index in [0.29, 0.717) is 0 Å². The van der Waals surface area contributed by atoms with E-state index in [1.807, 2.05) is 0 Å². The van der Waals surface area contributed by atoms with Crippen LogP contribution in [0.2, 0.25) is 0 Å². The minimum absolute atomic E-state index is 0.00201. The minimum Gasteiger partial charge on any atom is -0.368 e. The second-order valence-corrected chi connectivity index (χ2v) is 3.36. The molecule has 0 atom stereocenters. The van der Waals surface area contributed by atoms with Crippen LogP contribution in [0.1, 0.15) is 13.8 Å². The molecular weight excluding hydrogens is 211 g/mol. The second-order valence-electron chi connectivity index (χ2n) is 3.36. The molecule has 0 spiro atoms. The molecule has 0 amide bonds. The zero-order valence-electron chi connectivity index (χ0n) is 8.34. The number of aromatic nitrogens is 3. The van der Waals surface area contributed by atoms with E-state index in [2.05, 4.69) is 15.2 Å². The van der Waals surface area contributed by atoms with E-state index in [1.165, 1.54) is 0 Å². The monoisotopic (exact) mass is 223 g/mol. The maximum absolute atomic E-state index is 12.2. The number of alkyl halides is 3. The van der Waals surface area contributed by atoms with Gasteiger partial charge in [0.2, 0.25) is 11.9 Å². The molecule has 0 aliphatic carbocycles. The molecule has 0 unspecified atom stereocenters. The second kappa shape index (κ2) is 3.95. The van der Waals surface area contributed by atoms with Crippen LogP contribution in [0.5, 0.6) is 0 Å². The van der Waals surface area contributed by atoms with Crippen LogP contribution in [-0.4, -0.2) is 33.9 Å². The van der Waals surface area contributed by atoms with E-state index in [-0.39, 0.29) is 17.9 Å². The topological polar surface area (TPSA) is 70.8 Å². The van der Waals surface area contributed by atoms with Gasteiger partial charge in [-0.25, -0.2) is 5.10 Å². The molecule has 3 N–H and O–H groups in total. The molecule has 1 rings (SSSR count). The van der Waals surface area contributed by atoms with E-state index < -0.39 is 12.7 Å². The first-order valence-corrected chi connectivity index (χ1v) is 4.31. The lowest BCUT2D eigenvalue weighted by atomic mass is 10.3. The van der Waals surface area contributed by atoms with Crippen molar-refractivity contribution in [1.29, 1.82) is 0 Å². The summed E-state index contributed by atoms with van der Waals surface area (Å²) in [6, 6.07) is -0.359. The van der Waals surface area contributed by atoms with E-state index in [1.54, 1.807) is 13.8 Å². The molecule has 0 saturated carbocycles. The Kier molecular flexibility index (Phi) is 3.06. The fraction of sp³-hybridized carbons (Fsp3) is 0.714. The zero-order valence-corrected chi connectivity index (χ0v) is 8.34. The van der Waals surface area contributed by atoms with Crippen molar-refractivity contribution in [3.8, 4) is 0 Å². The van der Waals surface area contributed by atoms with Gasteiger partial charge in [-0.1, -0.05) is 0 Å². The first-order valence-electron chi connectivity index (χ1n) is 4.31. The van der Waals surface area contributed by atoms with Crippen molar-refractivity contribution in [3.63, 3.8) is 0 Å². The summed E-state index contributed by atoms with van der Waals surface area (Å²) in [5.74, 6) is -0.0438. The average molecular weight is 223 g/mol. The highest BCUT2D eigenvalue weighted by Gasteiger charge is 2.33. The van der Waals surface area contributed by atoms with Crippen molar-refractivity contribution in [2.75, 3.05) is 17.2 Å². The Labute approximate surface area is 84.5 Å². The van der Waals surface area contributed by atoms with Crippen LogP contribution >= 0.6 is 0 Å². The smallest absolute Gasteiger partial charge is 0.368 e. The summed E-state index contributed by atoms with van der Waals surface area (Å²) in [7, 11) is 0. The molecule has 0 radical (unpaired) electrons. The lowest BCUT2D eigenvalue weighted by molar-refractivity contribution is -0.120. The molecule has 0 fully saturated rings. The fourth-order valence-corrected chi connectivity index (χ4v) is 1.07. The van der Waals surface area contributed by atoms with E-state index >= 15 is 0 Å². The van der Waals surface area contributed by atoms with Crippen molar-refractivity contribution in [2.45, 2.75) is 26.1 Å². The Morgan fingerprint density at radius 3 is 2.40 bits per heavy atom. The average Bonchev–Trinajstić information content (AvgIpc) is 2.45. The molecular formula is C7H12F3N5. The number of hydrogen-bond donors (Lipinski definition) is 2. The van der Waals surface area contributed by atoms with Crippen molar-refractivity contribution >= 4 is 11.9 Å². The predicted molar refractivity (Wildman–Crippen MR) is 49.3 cm³/mol. The Morgan fingerprint density at radius 2 is 2.07 bits per heavy atom. The molecule has 1 aromatic heterocycles. The molecule has 0 bridgehead atoms. The predicted octanol–water partition coefficient (Wildman–Crippen LogP) is 1.16. The number of nitrogens with two attached hydrogens (primary N) is 1. The van der Waals surface area contributed by atoms with Crippen LogP contribution in [0.3, 0.4) is 0 Å². The highest BCUT2D eigenvalue weighted by molar-refractivity contribution is 5.35. The summed E-state index contributed by atoms with van der Waals surface area (Å²) < 4.78 is 36.7. The van der Waals surface area contributed by atoms with Gasteiger partial charge in [0.15, 0.2) is 0 Å². The van der Waals surface area contributed by atoms with Gasteiger partial charge in [-0.15, -0.1) is 5.10 Å². The molecule has 0 aromatic carbocycles. The van der Waals surface area contributed by atoms with Gasteiger partial charge in [0, 0.05) is 6.04 Å². The maximum atomic E-state index is 12.2. The summed E-state index contributed by atoms with van der Waals surface area (Å²) in [6.45, 7) is 2.15. The lowest BCUT2D eigenvalue weighted by Crippen LogP contribution is -2.39. The van der Waals surface area contributed by atoms with Crippen molar-refractivity contribution in [1.82, 2.24) is 15.2 Å². The number of hydrogen-bond acceptors (Lipinski definition) is 4. The Hall–Kier alpha value is -1.47. The van der Waals surface area contributed by atoms with Crippen LogP contribution in [0.25, 0.3) is 0 Å². The number of rotatable bonds is 3. The standard InChI is InChI=1S/C7H12F3N5/c1-4(2)15(3-7(8,9)10)6-12-5(11)13-14-6/h4H,3H2,1-2H3,(H3,11,12,13,14). The number of nitrogens with one attached hydrogen (secondary N) is 1. The van der Waals surface area contributed by atoms with Crippen LogP contribution in [0.15, 0.2) is 0 Å². The zero-order chi connectivity index (χ0) is 11.6. The SMILES string of the molecule is CC(C)N(CC(F)(F)F)c1n[nH]c(N)n1. The number of H-pyrrole nitrogens is 1. The summed E-state index contributed by atoms with van der Waals surface area (Å²) in [5.41, 5.74) is 5.24. The van der Waals surface area contributed by atoms with E-state index in [9.17, 15) is 13.2 Å². The molecule has 1 heterocycles. The van der Waals surface area contributed by atoms with Crippen LogP contribution in [-0.2, 0) is 0 Å². The highest BCUT2D eigenvalue weighted by Crippen LogP contribution is 2.21. The number of halogens is 3. The summed E-state index contributed by atoms with van der Waals surface area (Å²) in [6.07, 6.45) is -4.29. The van der Waals surface area contributed by atoms with Gasteiger partial charge >= 0.3 is 6.18 Å². The Bertz CT molecular complexity index is 319. The van der Waals surface area contributed by atoms with Crippen molar-refractivity contribution in [2.24, 2.45) is 0 Å². The number of nitrogen functional groups attached to an aromatic ring is 1. The molecule has 1 aromatic rings. The summed E-state index contributed by atoms with van der Waals surface area (Å²) >= 11 is 0. The Balaban J connectivity index is 2.84. The van der Waals surface area contributed by atoms with Gasteiger partial charge in [0.1, 0.15) is 6.54 Å². The van der Waals surface area contributed by atoms with E-state index in [0.717, 1.165) is 4.90 Å². The van der Waals surface area contributed by atoms with Crippen molar-refractivity contribution in [3.05, 3.63) is 0 Å². The molecule has 15 heavy (non-hydrogen) atoms.